The Bertz CT molecular complexity index is 402. The lowest BCUT2D eigenvalue weighted by Crippen LogP contribution is -2.51. The minimum Gasteiger partial charge on any atom is -0.480 e. The monoisotopic (exact) mass is 268 g/mol. The van der Waals surface area contributed by atoms with Crippen LogP contribution in [0.1, 0.15) is 47.0 Å². The highest BCUT2D eigenvalue weighted by atomic mass is 16.4. The number of likely N-dealkylation sites (tertiary alicyclic amines) is 1. The van der Waals surface area contributed by atoms with Gasteiger partial charge in [-0.05, 0) is 44.9 Å². The van der Waals surface area contributed by atoms with Crippen LogP contribution in [-0.2, 0) is 4.79 Å². The minimum atomic E-state index is -0.886. The number of carboxylic acid groups (broad SMARTS) is 1. The fourth-order valence-corrected chi connectivity index (χ4v) is 3.29. The minimum absolute atomic E-state index is 0.0764. The van der Waals surface area contributed by atoms with Gasteiger partial charge >= 0.3 is 12.0 Å². The topological polar surface area (TPSA) is 69.6 Å². The summed E-state index contributed by atoms with van der Waals surface area (Å²) >= 11 is 0. The van der Waals surface area contributed by atoms with Crippen molar-refractivity contribution in [2.24, 2.45) is 11.3 Å². The van der Waals surface area contributed by atoms with Crippen molar-refractivity contribution in [2.45, 2.75) is 58.5 Å². The van der Waals surface area contributed by atoms with E-state index < -0.39 is 12.0 Å². The van der Waals surface area contributed by atoms with E-state index in [-0.39, 0.29) is 17.0 Å². The summed E-state index contributed by atoms with van der Waals surface area (Å²) in [5.41, 5.74) is -0.267. The van der Waals surface area contributed by atoms with Gasteiger partial charge in [0.25, 0.3) is 0 Å². The Kier molecular flexibility index (Phi) is 3.27. The van der Waals surface area contributed by atoms with E-state index >= 15 is 0 Å². The predicted octanol–water partition coefficient (Wildman–Crippen LogP) is 2.07. The molecule has 2 amide bonds. The normalized spacial score (nSPS) is 33.6. The van der Waals surface area contributed by atoms with Crippen LogP contribution in [0.4, 0.5) is 4.79 Å². The molecule has 2 aliphatic rings. The predicted molar refractivity (Wildman–Crippen MR) is 71.9 cm³/mol. The van der Waals surface area contributed by atoms with Crippen molar-refractivity contribution in [3.05, 3.63) is 0 Å². The molecule has 1 aliphatic heterocycles. The molecule has 0 aromatic heterocycles. The largest absolute Gasteiger partial charge is 0.480 e. The number of hydrogen-bond donors (Lipinski definition) is 2. The number of aliphatic carboxylic acids is 1. The average Bonchev–Trinajstić information content (AvgIpc) is 2.76. The Morgan fingerprint density at radius 2 is 2.00 bits per heavy atom. The van der Waals surface area contributed by atoms with Crippen molar-refractivity contribution in [2.75, 3.05) is 6.54 Å². The van der Waals surface area contributed by atoms with Crippen LogP contribution in [0.3, 0.4) is 0 Å². The van der Waals surface area contributed by atoms with Gasteiger partial charge in [0.05, 0.1) is 0 Å². The number of carboxylic acids is 1. The molecule has 5 nitrogen and oxygen atoms in total. The number of hydrogen-bond acceptors (Lipinski definition) is 2. The van der Waals surface area contributed by atoms with Crippen LogP contribution in [0, 0.1) is 11.3 Å². The van der Waals surface area contributed by atoms with Crippen LogP contribution in [0.15, 0.2) is 0 Å². The summed E-state index contributed by atoms with van der Waals surface area (Å²) in [5.74, 6) is -0.301. The first-order valence-corrected chi connectivity index (χ1v) is 7.00. The van der Waals surface area contributed by atoms with Gasteiger partial charge in [0.1, 0.15) is 6.04 Å². The van der Waals surface area contributed by atoms with E-state index in [0.29, 0.717) is 18.9 Å². The highest BCUT2D eigenvalue weighted by Crippen LogP contribution is 2.61. The van der Waals surface area contributed by atoms with Gasteiger partial charge in [-0.25, -0.2) is 9.59 Å². The summed E-state index contributed by atoms with van der Waals surface area (Å²) in [5, 5.41) is 12.2. The molecule has 0 aromatic rings. The van der Waals surface area contributed by atoms with Gasteiger partial charge in [-0.1, -0.05) is 13.3 Å². The van der Waals surface area contributed by atoms with E-state index in [1.165, 1.54) is 4.90 Å². The molecule has 0 aromatic carbocycles. The summed E-state index contributed by atoms with van der Waals surface area (Å²) in [4.78, 5) is 25.1. The van der Waals surface area contributed by atoms with Crippen molar-refractivity contribution >= 4 is 12.0 Å². The number of carbonyl (C=O) groups excluding carboxylic acids is 1. The van der Waals surface area contributed by atoms with Crippen LogP contribution in [0.5, 0.6) is 0 Å². The molecule has 19 heavy (non-hydrogen) atoms. The van der Waals surface area contributed by atoms with Crippen molar-refractivity contribution in [1.29, 1.82) is 0 Å². The molecule has 5 heteroatoms. The second-order valence-electron chi connectivity index (χ2n) is 7.04. The van der Waals surface area contributed by atoms with E-state index in [0.717, 1.165) is 12.8 Å². The highest BCUT2D eigenvalue weighted by molar-refractivity contribution is 5.84. The van der Waals surface area contributed by atoms with E-state index in [9.17, 15) is 14.7 Å². The van der Waals surface area contributed by atoms with Crippen LogP contribution >= 0.6 is 0 Å². The number of rotatable bonds is 2. The fraction of sp³-hybridized carbons (Fsp3) is 0.857. The zero-order chi connectivity index (χ0) is 14.4. The van der Waals surface area contributed by atoms with Gasteiger partial charge < -0.3 is 15.3 Å². The molecule has 1 saturated carbocycles. The van der Waals surface area contributed by atoms with Gasteiger partial charge in [0, 0.05) is 12.1 Å². The molecule has 3 atom stereocenters. The summed E-state index contributed by atoms with van der Waals surface area (Å²) in [6.45, 7) is 8.42. The van der Waals surface area contributed by atoms with Crippen LogP contribution < -0.4 is 5.32 Å². The Morgan fingerprint density at radius 3 is 2.42 bits per heavy atom. The third kappa shape index (κ3) is 2.69. The smallest absolute Gasteiger partial charge is 0.326 e. The molecular formula is C14H24N2O3. The second-order valence-corrected chi connectivity index (χ2v) is 7.04. The van der Waals surface area contributed by atoms with Gasteiger partial charge in [0.15, 0.2) is 0 Å². The number of urea groups is 1. The fourth-order valence-electron chi connectivity index (χ4n) is 3.29. The number of nitrogens with zero attached hydrogens (tertiary/aromatic N) is 1. The Hall–Kier alpha value is -1.26. The number of carbonyl (C=O) groups is 2. The lowest BCUT2D eigenvalue weighted by molar-refractivity contribution is -0.141. The standard InChI is InChI=1S/C14H24N2O3/c1-5-9-6-14(9)7-10(11(17)18)16(8-14)12(19)15-13(2,3)4/h9-10H,5-8H2,1-4H3,(H,15,19)(H,17,18)/t9-,10+,14-/m1/s1. The molecule has 2 fully saturated rings. The zero-order valence-corrected chi connectivity index (χ0v) is 12.2. The molecule has 0 unspecified atom stereocenters. The third-order valence-corrected chi connectivity index (χ3v) is 4.34. The lowest BCUT2D eigenvalue weighted by Gasteiger charge is -2.28. The molecule has 1 spiro atoms. The van der Waals surface area contributed by atoms with E-state index in [1.54, 1.807) is 0 Å². The maximum Gasteiger partial charge on any atom is 0.326 e. The van der Waals surface area contributed by atoms with Crippen LogP contribution in [0.25, 0.3) is 0 Å². The molecule has 0 radical (unpaired) electrons. The quantitative estimate of drug-likeness (QED) is 0.805. The third-order valence-electron chi connectivity index (χ3n) is 4.34. The van der Waals surface area contributed by atoms with Crippen LogP contribution in [0.2, 0.25) is 0 Å². The van der Waals surface area contributed by atoms with E-state index in [4.69, 9.17) is 0 Å². The van der Waals surface area contributed by atoms with Gasteiger partial charge in [-0.15, -0.1) is 0 Å². The lowest BCUT2D eigenvalue weighted by atomic mass is 9.99. The molecule has 2 N–H and O–H groups in total. The molecule has 1 saturated heterocycles. The molecular weight excluding hydrogens is 244 g/mol. The van der Waals surface area contributed by atoms with E-state index in [1.807, 2.05) is 20.8 Å². The molecule has 108 valence electrons. The molecule has 0 bridgehead atoms. The maximum absolute atomic E-state index is 12.2. The van der Waals surface area contributed by atoms with Gasteiger partial charge in [-0.2, -0.15) is 0 Å². The van der Waals surface area contributed by atoms with Gasteiger partial charge in [0.2, 0.25) is 0 Å². The van der Waals surface area contributed by atoms with Crippen molar-refractivity contribution < 1.29 is 14.7 Å². The SMILES string of the molecule is CC[C@@H]1C[C@]12C[C@@H](C(=O)O)N(C(=O)NC(C)(C)C)C2. The summed E-state index contributed by atoms with van der Waals surface area (Å²) in [6.07, 6.45) is 2.74. The Balaban J connectivity index is 2.10. The molecule has 1 aliphatic carbocycles. The Labute approximate surface area is 114 Å². The van der Waals surface area contributed by atoms with Crippen molar-refractivity contribution in [1.82, 2.24) is 10.2 Å². The number of amides is 2. The zero-order valence-electron chi connectivity index (χ0n) is 12.2. The highest BCUT2D eigenvalue weighted by Gasteiger charge is 2.61. The number of nitrogens with one attached hydrogen (secondary N) is 1. The summed E-state index contributed by atoms with van der Waals surface area (Å²) in [6, 6.07) is -0.919. The first-order valence-electron chi connectivity index (χ1n) is 7.00. The average molecular weight is 268 g/mol. The van der Waals surface area contributed by atoms with E-state index in [2.05, 4.69) is 12.2 Å². The van der Waals surface area contributed by atoms with Crippen molar-refractivity contribution in [3.8, 4) is 0 Å². The van der Waals surface area contributed by atoms with Crippen molar-refractivity contribution in [3.63, 3.8) is 0 Å². The summed E-state index contributed by atoms with van der Waals surface area (Å²) in [7, 11) is 0. The second kappa shape index (κ2) is 4.39. The molecule has 1 heterocycles. The molecule has 2 rings (SSSR count). The summed E-state index contributed by atoms with van der Waals surface area (Å²) < 4.78 is 0. The first kappa shape index (κ1) is 14.2. The Morgan fingerprint density at radius 1 is 1.37 bits per heavy atom. The first-order chi connectivity index (χ1) is 8.68. The van der Waals surface area contributed by atoms with Crippen LogP contribution in [-0.4, -0.2) is 40.1 Å². The van der Waals surface area contributed by atoms with Gasteiger partial charge in [-0.3, -0.25) is 0 Å². The maximum atomic E-state index is 12.2.